The highest BCUT2D eigenvalue weighted by atomic mass is 15.1. The van der Waals surface area contributed by atoms with Gasteiger partial charge in [-0.15, -0.1) is 0 Å². The molecule has 140 heavy (non-hydrogen) atoms. The fourth-order valence-electron chi connectivity index (χ4n) is 20.1. The highest BCUT2D eigenvalue weighted by molar-refractivity contribution is 6.20. The van der Waals surface area contributed by atoms with Crippen LogP contribution in [0.4, 0.5) is 0 Å². The van der Waals surface area contributed by atoms with Crippen LogP contribution in [0.2, 0.25) is 0 Å². The molecule has 0 aliphatic carbocycles. The van der Waals surface area contributed by atoms with Gasteiger partial charge in [0.05, 0.1) is 0 Å². The summed E-state index contributed by atoms with van der Waals surface area (Å²) < 4.78 is 0. The maximum Gasteiger partial charge on any atom is 0.164 e. The van der Waals surface area contributed by atoms with Crippen LogP contribution in [0.5, 0.6) is 0 Å². The second-order valence-corrected chi connectivity index (χ2v) is 46.8. The van der Waals surface area contributed by atoms with Crippen molar-refractivity contribution in [2.75, 3.05) is 0 Å². The predicted molar refractivity (Wildman–Crippen MR) is 565 cm³/mol. The molecule has 0 radical (unpaired) electrons. The normalized spacial score (nSPS) is 13.4. The largest absolute Gasteiger partial charge is 0.324 e. The lowest BCUT2D eigenvalue weighted by Gasteiger charge is -2.19. The van der Waals surface area contributed by atoms with Crippen molar-refractivity contribution < 1.29 is 0 Å². The Hall–Kier alpha value is -15.7. The minimum Gasteiger partial charge on any atom is -0.324 e. The average Bonchev–Trinajstić information content (AvgIpc) is 1.57. The van der Waals surface area contributed by atoms with Gasteiger partial charge in [-0.2, -0.15) is 0 Å². The molecule has 15 heterocycles. The number of fused-ring (bicyclic) bond motifs is 60. The van der Waals surface area contributed by atoms with E-state index in [9.17, 15) is 0 Å². The van der Waals surface area contributed by atoms with Gasteiger partial charge in [0.2, 0.25) is 0 Å². The van der Waals surface area contributed by atoms with Crippen molar-refractivity contribution in [1.82, 2.24) is 120 Å². The van der Waals surface area contributed by atoms with Gasteiger partial charge in [-0.05, 0) is 161 Å². The number of H-pyrrole nitrogens is 6. The molecule has 9 aromatic heterocycles. The molecule has 24 heteroatoms. The number of nitrogens with one attached hydrogen (secondary N) is 6. The van der Waals surface area contributed by atoms with Gasteiger partial charge in [-0.3, -0.25) is 0 Å². The van der Waals surface area contributed by atoms with Crippen molar-refractivity contribution in [3.63, 3.8) is 0 Å². The first-order valence-electron chi connectivity index (χ1n) is 48.3. The van der Waals surface area contributed by atoms with Crippen LogP contribution in [-0.2, 0) is 43.3 Å². The van der Waals surface area contributed by atoms with Crippen molar-refractivity contribution in [3.05, 3.63) is 214 Å². The Morgan fingerprint density at radius 2 is 0.243 bits per heavy atom. The van der Waals surface area contributed by atoms with E-state index in [1.54, 1.807) is 0 Å². The first-order valence-corrected chi connectivity index (χ1v) is 48.3. The van der Waals surface area contributed by atoms with Crippen LogP contribution < -0.4 is 0 Å². The van der Waals surface area contributed by atoms with E-state index < -0.39 is 0 Å². The molecule has 0 saturated heterocycles. The highest BCUT2D eigenvalue weighted by Crippen LogP contribution is 2.49. The van der Waals surface area contributed by atoms with Crippen LogP contribution in [0.3, 0.4) is 0 Å². The molecule has 0 unspecified atom stereocenters. The summed E-state index contributed by atoms with van der Waals surface area (Å²) in [5.41, 5.74) is 23.3. The lowest BCUT2D eigenvalue weighted by Crippen LogP contribution is -2.10. The summed E-state index contributed by atoms with van der Waals surface area (Å²) in [7, 11) is 0. The SMILES string of the molecule is CC(C)(C)c1ccc2c(c1)-c1nc-2nc2[nH]c(nc3nc(nc4[nH]c(n1)c1ccc(C(C)(C)C)cc41)-c1ccc(C(C)(C)C)cc1-3)c1cc3c4nc5nc(nc6[nH]c(nc7nc(nc([nH]4)c3cc21)-c1ccc(C(C)(C)C)cc1-7)c1cc2c3nc4nc(nc7[nH]c(nc8nc(nc([nH]3)c2cc61)-c1ccc(C(C)(C)C)cc1-8)c1ccc(C(C)(C)C)cc71)-c1ccc(C(C)(C)C)cc1-4)-c1ccc(C(C)(C)C)cc1-5. The molecular formula is C116H106N24. The molecule has 0 atom stereocenters. The smallest absolute Gasteiger partial charge is 0.164 e. The molecule has 6 N–H and O–H groups in total. The molecule has 0 saturated carbocycles. The van der Waals surface area contributed by atoms with Crippen molar-refractivity contribution >= 4 is 132 Å². The van der Waals surface area contributed by atoms with Crippen LogP contribution in [0.25, 0.3) is 269 Å². The molecule has 24 bridgehead atoms. The minimum atomic E-state index is -0.291. The fraction of sp³-hybridized carbons (Fsp3) is 0.276. The minimum absolute atomic E-state index is 0.174. The lowest BCUT2D eigenvalue weighted by molar-refractivity contribution is 0.590. The first-order chi connectivity index (χ1) is 66.2. The Labute approximate surface area is 807 Å². The van der Waals surface area contributed by atoms with Crippen LogP contribution in [0.1, 0.15) is 211 Å². The summed E-state index contributed by atoms with van der Waals surface area (Å²) in [5, 5.41) is 9.39. The zero-order valence-electron chi connectivity index (χ0n) is 83.2. The van der Waals surface area contributed by atoms with E-state index in [0.29, 0.717) is 148 Å². The Morgan fingerprint density at radius 3 is 0.393 bits per heavy atom. The average molecular weight is 1840 g/mol. The number of nitrogens with zero attached hydrogens (tertiary/aromatic N) is 18. The zero-order valence-corrected chi connectivity index (χ0v) is 83.2. The van der Waals surface area contributed by atoms with E-state index in [0.717, 1.165) is 165 Å². The van der Waals surface area contributed by atoms with Crippen LogP contribution in [0, 0.1) is 0 Å². The Morgan fingerprint density at radius 1 is 0.121 bits per heavy atom. The number of rotatable bonds is 0. The number of hydrogen-bond donors (Lipinski definition) is 6. The second kappa shape index (κ2) is 29.0. The van der Waals surface area contributed by atoms with Gasteiger partial charge in [-0.25, -0.2) is 89.7 Å². The maximum atomic E-state index is 5.78. The third-order valence-corrected chi connectivity index (χ3v) is 28.7. The van der Waals surface area contributed by atoms with Gasteiger partial charge in [0.15, 0.2) is 69.9 Å². The molecule has 0 spiro atoms. The third-order valence-electron chi connectivity index (χ3n) is 28.7. The standard InChI is InChI=1S/C116H106N24/c1-109(2,3)53-25-33-61-69(41-53)93-117-85(61)119-95-71-43-55(111(7,8)9)27-35-63(71)89(123-95)129-101-77-49-79-83(51-81(77)105(137-101)133-97-73-45-57(113(13,14)15)29-37-65(73)87(121-93)125-97)107-135-99-75-47-59(115(19,20)21)31-39-67(75)92(127-99)132-104-80-50-78-82(52-84(80)108(140-104)136-100-76-48-60(116(22,23)24)32-40-68(76)91(128-100)131-103(79)139-107)106-134-98-74-46-58(114(16,17)18)30-38-66(74)88(126-98)122-94-70-42-54(110(4,5)6)26-34-62(70)86(118-94)120-96-72-44-56(112(10,11)12)28-36-64(72)90(124-96)130-102(78)138-106/h25-52H,1-24H3,(H2,117,119,121,123,125,129,133,137)(H2,118,120,122,124,126,130,134,138)(H2,127,128,131,132,135,136,139,140). The summed E-state index contributed by atoms with van der Waals surface area (Å²) in [4.78, 5) is 124. The van der Waals surface area contributed by atoms with Crippen LogP contribution in [0.15, 0.2) is 170 Å². The van der Waals surface area contributed by atoms with Crippen LogP contribution in [-0.4, -0.2) is 120 Å². The molecule has 690 valence electrons. The molecule has 6 aliphatic rings. The molecule has 6 aliphatic heterocycles. The molecule has 19 aromatic rings. The van der Waals surface area contributed by atoms with Crippen molar-refractivity contribution in [2.45, 2.75) is 209 Å². The summed E-state index contributed by atoms with van der Waals surface area (Å²) in [6.45, 7) is 53.4. The third kappa shape index (κ3) is 13.9. The monoisotopic (exact) mass is 1830 g/mol. The van der Waals surface area contributed by atoms with Gasteiger partial charge in [0.25, 0.3) is 0 Å². The predicted octanol–water partition coefficient (Wildman–Crippen LogP) is 27.6. The molecule has 0 amide bonds. The molecule has 0 fully saturated rings. The first kappa shape index (κ1) is 85.9. The summed E-state index contributed by atoms with van der Waals surface area (Å²) in [5.74, 6) is 5.62. The quantitative estimate of drug-likeness (QED) is 0.0821. The van der Waals surface area contributed by atoms with E-state index in [1.807, 2.05) is 0 Å². The van der Waals surface area contributed by atoms with Gasteiger partial charge in [-0.1, -0.05) is 263 Å². The van der Waals surface area contributed by atoms with Crippen molar-refractivity contribution in [1.29, 1.82) is 0 Å². The Balaban J connectivity index is 0.794. The van der Waals surface area contributed by atoms with E-state index in [1.165, 1.54) is 0 Å². The van der Waals surface area contributed by atoms with Crippen LogP contribution >= 0.6 is 0 Å². The number of benzene rings is 10. The van der Waals surface area contributed by atoms with Crippen molar-refractivity contribution in [3.8, 4) is 137 Å². The van der Waals surface area contributed by atoms with E-state index in [2.05, 4.69) is 366 Å². The van der Waals surface area contributed by atoms with Gasteiger partial charge in [0.1, 0.15) is 67.8 Å². The molecule has 25 rings (SSSR count). The van der Waals surface area contributed by atoms with E-state index in [-0.39, 0.29) is 43.3 Å². The lowest BCUT2D eigenvalue weighted by atomic mass is 9.85. The molecular weight excluding hydrogens is 1730 g/mol. The number of aromatic amines is 6. The molecule has 10 aromatic carbocycles. The topological polar surface area (TPSA) is 327 Å². The second-order valence-electron chi connectivity index (χ2n) is 46.8. The van der Waals surface area contributed by atoms with Gasteiger partial charge >= 0.3 is 0 Å². The Kier molecular flexibility index (Phi) is 17.8. The number of aromatic nitrogens is 24. The summed E-state index contributed by atoms with van der Waals surface area (Å²) in [6.07, 6.45) is 0. The van der Waals surface area contributed by atoms with Gasteiger partial charge < -0.3 is 29.9 Å². The summed E-state index contributed by atoms with van der Waals surface area (Å²) >= 11 is 0. The highest BCUT2D eigenvalue weighted by Gasteiger charge is 2.35. The van der Waals surface area contributed by atoms with E-state index in [4.69, 9.17) is 89.7 Å². The van der Waals surface area contributed by atoms with Crippen molar-refractivity contribution in [2.24, 2.45) is 0 Å². The fourth-order valence-corrected chi connectivity index (χ4v) is 20.1. The zero-order chi connectivity index (χ0) is 97.1. The Bertz CT molecular complexity index is 8880. The molecule has 24 nitrogen and oxygen atoms in total. The number of hydrogen-bond acceptors (Lipinski definition) is 18. The maximum absolute atomic E-state index is 5.78. The van der Waals surface area contributed by atoms with E-state index >= 15 is 0 Å². The van der Waals surface area contributed by atoms with Gasteiger partial charge in [0, 0.05) is 131 Å². The summed E-state index contributed by atoms with van der Waals surface area (Å²) in [6, 6.07) is 60.8.